The van der Waals surface area contributed by atoms with Gasteiger partial charge in [-0.2, -0.15) is 0 Å². The summed E-state index contributed by atoms with van der Waals surface area (Å²) in [5.41, 5.74) is 0.551. The fraction of sp³-hybridized carbons (Fsp3) is 0.118. The van der Waals surface area contributed by atoms with E-state index in [-0.39, 0.29) is 5.76 Å². The van der Waals surface area contributed by atoms with Crippen LogP contribution >= 0.6 is 0 Å². The summed E-state index contributed by atoms with van der Waals surface area (Å²) in [7, 11) is 0. The van der Waals surface area contributed by atoms with Gasteiger partial charge in [0.1, 0.15) is 11.4 Å². The van der Waals surface area contributed by atoms with Crippen LogP contribution in [0.4, 0.5) is 0 Å². The zero-order chi connectivity index (χ0) is 14.0. The number of aliphatic hydroxyl groups is 2. The van der Waals surface area contributed by atoms with Gasteiger partial charge < -0.3 is 10.2 Å². The zero-order valence-electron chi connectivity index (χ0n) is 10.9. The van der Waals surface area contributed by atoms with Crippen molar-refractivity contribution in [2.45, 2.75) is 12.0 Å². The van der Waals surface area contributed by atoms with Crippen molar-refractivity contribution < 1.29 is 10.2 Å². The molecule has 100 valence electrons. The Labute approximate surface area is 117 Å². The minimum Gasteiger partial charge on any atom is -0.508 e. The standard InChI is InChI=1S/C17H15NO2/c19-15-5-3-10-17(20,12-15)11-9-14-8-7-13-4-1-2-6-16(13)18-14/h1-9,11-12,19-20H,10H2/b11-9+. The van der Waals surface area contributed by atoms with Crippen molar-refractivity contribution >= 4 is 17.0 Å². The minimum atomic E-state index is -1.15. The Kier molecular flexibility index (Phi) is 3.12. The number of hydrogen-bond acceptors (Lipinski definition) is 3. The number of benzene rings is 1. The van der Waals surface area contributed by atoms with Gasteiger partial charge in [0.15, 0.2) is 0 Å². The molecule has 1 atom stereocenters. The van der Waals surface area contributed by atoms with Gasteiger partial charge in [-0.05, 0) is 36.4 Å². The topological polar surface area (TPSA) is 53.4 Å². The predicted molar refractivity (Wildman–Crippen MR) is 80.2 cm³/mol. The van der Waals surface area contributed by atoms with Crippen LogP contribution in [-0.4, -0.2) is 20.8 Å². The third-order valence-corrected chi connectivity index (χ3v) is 3.29. The molecule has 0 radical (unpaired) electrons. The van der Waals surface area contributed by atoms with E-state index in [0.717, 1.165) is 16.6 Å². The van der Waals surface area contributed by atoms with Gasteiger partial charge >= 0.3 is 0 Å². The molecule has 1 unspecified atom stereocenters. The summed E-state index contributed by atoms with van der Waals surface area (Å²) in [6, 6.07) is 11.8. The first-order valence-corrected chi connectivity index (χ1v) is 6.50. The first kappa shape index (κ1) is 12.6. The van der Waals surface area contributed by atoms with Gasteiger partial charge in [-0.15, -0.1) is 0 Å². The number of fused-ring (bicyclic) bond motifs is 1. The summed E-state index contributed by atoms with van der Waals surface area (Å²) in [6.45, 7) is 0. The predicted octanol–water partition coefficient (Wildman–Crippen LogP) is 3.38. The molecule has 0 bridgehead atoms. The molecular weight excluding hydrogens is 250 g/mol. The van der Waals surface area contributed by atoms with Crippen molar-refractivity contribution in [2.75, 3.05) is 0 Å². The van der Waals surface area contributed by atoms with Crippen LogP contribution in [0.5, 0.6) is 0 Å². The number of rotatable bonds is 2. The SMILES string of the molecule is OC1=CC(O)(/C=C/c2ccc3ccccc3n2)CC=C1. The van der Waals surface area contributed by atoms with Crippen molar-refractivity contribution in [3.8, 4) is 0 Å². The van der Waals surface area contributed by atoms with Crippen molar-refractivity contribution in [3.63, 3.8) is 0 Å². The fourth-order valence-corrected chi connectivity index (χ4v) is 2.25. The lowest BCUT2D eigenvalue weighted by Crippen LogP contribution is -2.24. The van der Waals surface area contributed by atoms with Gasteiger partial charge in [0, 0.05) is 11.8 Å². The van der Waals surface area contributed by atoms with Gasteiger partial charge in [-0.3, -0.25) is 0 Å². The highest BCUT2D eigenvalue weighted by Crippen LogP contribution is 2.23. The molecule has 0 fully saturated rings. The van der Waals surface area contributed by atoms with E-state index >= 15 is 0 Å². The van der Waals surface area contributed by atoms with Crippen LogP contribution in [0.3, 0.4) is 0 Å². The molecule has 0 aliphatic heterocycles. The average Bonchev–Trinajstić information content (AvgIpc) is 2.45. The number of nitrogens with zero attached hydrogens (tertiary/aromatic N) is 1. The molecule has 1 heterocycles. The Morgan fingerprint density at radius 1 is 1.15 bits per heavy atom. The van der Waals surface area contributed by atoms with Crippen LogP contribution in [-0.2, 0) is 0 Å². The van der Waals surface area contributed by atoms with Gasteiger partial charge in [-0.25, -0.2) is 4.98 Å². The number of hydrogen-bond donors (Lipinski definition) is 2. The van der Waals surface area contributed by atoms with Gasteiger partial charge in [0.2, 0.25) is 0 Å². The third-order valence-electron chi connectivity index (χ3n) is 3.29. The highest BCUT2D eigenvalue weighted by Gasteiger charge is 2.22. The molecule has 20 heavy (non-hydrogen) atoms. The first-order chi connectivity index (χ1) is 9.65. The Bertz CT molecular complexity index is 731. The maximum atomic E-state index is 10.3. The number of aromatic nitrogens is 1. The van der Waals surface area contributed by atoms with Crippen LogP contribution < -0.4 is 0 Å². The summed E-state index contributed by atoms with van der Waals surface area (Å²) < 4.78 is 0. The second-order valence-electron chi connectivity index (χ2n) is 4.93. The maximum Gasteiger partial charge on any atom is 0.114 e. The first-order valence-electron chi connectivity index (χ1n) is 6.50. The normalized spacial score (nSPS) is 22.4. The molecule has 0 saturated carbocycles. The van der Waals surface area contributed by atoms with Crippen LogP contribution in [0.2, 0.25) is 0 Å². The molecule has 2 N–H and O–H groups in total. The zero-order valence-corrected chi connectivity index (χ0v) is 10.9. The van der Waals surface area contributed by atoms with E-state index in [1.54, 1.807) is 24.3 Å². The van der Waals surface area contributed by atoms with E-state index in [9.17, 15) is 10.2 Å². The molecule has 3 rings (SSSR count). The van der Waals surface area contributed by atoms with E-state index < -0.39 is 5.60 Å². The lowest BCUT2D eigenvalue weighted by atomic mass is 9.94. The molecule has 0 amide bonds. The highest BCUT2D eigenvalue weighted by atomic mass is 16.3. The van der Waals surface area contributed by atoms with Crippen LogP contribution in [0.15, 0.2) is 66.5 Å². The van der Waals surface area contributed by atoms with Gasteiger partial charge in [0.05, 0.1) is 11.2 Å². The van der Waals surface area contributed by atoms with E-state index in [1.165, 1.54) is 6.08 Å². The lowest BCUT2D eigenvalue weighted by molar-refractivity contribution is 0.140. The van der Waals surface area contributed by atoms with Gasteiger partial charge in [-0.1, -0.05) is 30.3 Å². The van der Waals surface area contributed by atoms with Crippen LogP contribution in [0.1, 0.15) is 12.1 Å². The second-order valence-corrected chi connectivity index (χ2v) is 4.93. The van der Waals surface area contributed by atoms with E-state index in [0.29, 0.717) is 6.42 Å². The summed E-state index contributed by atoms with van der Waals surface area (Å²) in [5.74, 6) is 0.0786. The molecule has 1 aliphatic carbocycles. The van der Waals surface area contributed by atoms with E-state index in [1.807, 2.05) is 36.4 Å². The summed E-state index contributed by atoms with van der Waals surface area (Å²) >= 11 is 0. The molecular formula is C17H15NO2. The Morgan fingerprint density at radius 3 is 2.85 bits per heavy atom. The molecule has 3 heteroatoms. The Balaban J connectivity index is 1.89. The smallest absolute Gasteiger partial charge is 0.114 e. The molecule has 1 aromatic carbocycles. The van der Waals surface area contributed by atoms with Gasteiger partial charge in [0.25, 0.3) is 0 Å². The van der Waals surface area contributed by atoms with Crippen molar-refractivity contribution in [2.24, 2.45) is 0 Å². The molecule has 3 nitrogen and oxygen atoms in total. The Morgan fingerprint density at radius 2 is 2.00 bits per heavy atom. The number of pyridine rings is 1. The monoisotopic (exact) mass is 265 g/mol. The van der Waals surface area contributed by atoms with Crippen molar-refractivity contribution in [3.05, 3.63) is 72.2 Å². The highest BCUT2D eigenvalue weighted by molar-refractivity contribution is 5.79. The minimum absolute atomic E-state index is 0.0786. The second kappa shape index (κ2) is 4.94. The summed E-state index contributed by atoms with van der Waals surface area (Å²) in [5, 5.41) is 20.8. The third kappa shape index (κ3) is 2.63. The quantitative estimate of drug-likeness (QED) is 0.875. The van der Waals surface area contributed by atoms with E-state index in [2.05, 4.69) is 4.98 Å². The van der Waals surface area contributed by atoms with Crippen LogP contribution in [0.25, 0.3) is 17.0 Å². The molecule has 0 saturated heterocycles. The number of aliphatic hydroxyl groups excluding tert-OH is 1. The lowest BCUT2D eigenvalue weighted by Gasteiger charge is -2.21. The fourth-order valence-electron chi connectivity index (χ4n) is 2.25. The number of para-hydroxylation sites is 1. The Hall–Kier alpha value is -2.39. The molecule has 1 aliphatic rings. The summed E-state index contributed by atoms with van der Waals surface area (Å²) in [4.78, 5) is 4.51. The number of allylic oxidation sites excluding steroid dienone is 1. The summed E-state index contributed by atoms with van der Waals surface area (Å²) in [6.07, 6.45) is 8.63. The van der Waals surface area contributed by atoms with E-state index in [4.69, 9.17) is 0 Å². The largest absolute Gasteiger partial charge is 0.508 e. The molecule has 1 aromatic heterocycles. The average molecular weight is 265 g/mol. The molecule has 0 spiro atoms. The van der Waals surface area contributed by atoms with Crippen molar-refractivity contribution in [1.82, 2.24) is 4.98 Å². The van der Waals surface area contributed by atoms with Crippen LogP contribution in [0, 0.1) is 0 Å². The molecule has 2 aromatic rings. The van der Waals surface area contributed by atoms with Crippen molar-refractivity contribution in [1.29, 1.82) is 0 Å². The maximum absolute atomic E-state index is 10.3.